The summed E-state index contributed by atoms with van der Waals surface area (Å²) in [6.07, 6.45) is 4.17. The van der Waals surface area contributed by atoms with E-state index in [1.807, 2.05) is 0 Å². The van der Waals surface area contributed by atoms with Gasteiger partial charge in [-0.25, -0.2) is 0 Å². The Hall–Kier alpha value is -1.47. The maximum absolute atomic E-state index is 11.5. The Morgan fingerprint density at radius 1 is 1.41 bits per heavy atom. The van der Waals surface area contributed by atoms with Crippen molar-refractivity contribution in [3.63, 3.8) is 0 Å². The molecule has 2 saturated heterocycles. The van der Waals surface area contributed by atoms with Crippen LogP contribution in [0.1, 0.15) is 45.0 Å². The van der Waals surface area contributed by atoms with Crippen LogP contribution in [0.15, 0.2) is 6.33 Å². The molecule has 2 aliphatic heterocycles. The fourth-order valence-electron chi connectivity index (χ4n) is 3.21. The van der Waals surface area contributed by atoms with Gasteiger partial charge in [0.05, 0.1) is 18.8 Å². The molecular formula is C15H25N5O2. The zero-order valence-electron chi connectivity index (χ0n) is 13.4. The highest BCUT2D eigenvalue weighted by Crippen LogP contribution is 2.28. The maximum atomic E-state index is 11.5. The number of aromatic nitrogens is 3. The van der Waals surface area contributed by atoms with Gasteiger partial charge in [-0.3, -0.25) is 9.69 Å². The van der Waals surface area contributed by atoms with Crippen molar-refractivity contribution in [1.29, 1.82) is 0 Å². The van der Waals surface area contributed by atoms with Gasteiger partial charge in [-0.2, -0.15) is 0 Å². The topological polar surface area (TPSA) is 72.3 Å². The average Bonchev–Trinajstić information content (AvgIpc) is 2.88. The normalized spacial score (nSPS) is 22.8. The van der Waals surface area contributed by atoms with Crippen LogP contribution in [0.25, 0.3) is 0 Å². The van der Waals surface area contributed by atoms with Crippen LogP contribution in [-0.2, 0) is 16.1 Å². The Bertz CT molecular complexity index is 520. The molecule has 1 amide bonds. The molecule has 0 aliphatic carbocycles. The van der Waals surface area contributed by atoms with Crippen molar-refractivity contribution in [2.75, 3.05) is 26.2 Å². The summed E-state index contributed by atoms with van der Waals surface area (Å²) in [5, 5.41) is 11.3. The molecule has 2 fully saturated rings. The first-order valence-electron chi connectivity index (χ1n) is 8.09. The Morgan fingerprint density at radius 3 is 2.91 bits per heavy atom. The van der Waals surface area contributed by atoms with Gasteiger partial charge in [0.1, 0.15) is 12.2 Å². The van der Waals surface area contributed by atoms with E-state index in [1.54, 1.807) is 6.33 Å². The van der Waals surface area contributed by atoms with E-state index in [-0.39, 0.29) is 11.5 Å². The molecule has 2 aliphatic rings. The van der Waals surface area contributed by atoms with Gasteiger partial charge in [0.15, 0.2) is 0 Å². The predicted molar refractivity (Wildman–Crippen MR) is 81.2 cm³/mol. The van der Waals surface area contributed by atoms with Crippen LogP contribution >= 0.6 is 0 Å². The first kappa shape index (κ1) is 15.4. The number of nitrogens with zero attached hydrogens (tertiary/aromatic N) is 4. The zero-order valence-corrected chi connectivity index (χ0v) is 13.4. The minimum absolute atomic E-state index is 0.101. The Morgan fingerprint density at radius 2 is 2.18 bits per heavy atom. The summed E-state index contributed by atoms with van der Waals surface area (Å²) in [6, 6.07) is 0.376. The molecule has 0 radical (unpaired) electrons. The van der Waals surface area contributed by atoms with E-state index >= 15 is 0 Å². The van der Waals surface area contributed by atoms with Crippen LogP contribution in [0.5, 0.6) is 0 Å². The highest BCUT2D eigenvalue weighted by Gasteiger charge is 2.37. The molecular weight excluding hydrogens is 282 g/mol. The number of nitrogens with one attached hydrogen (secondary N) is 1. The van der Waals surface area contributed by atoms with Crippen molar-refractivity contribution < 1.29 is 9.53 Å². The first-order chi connectivity index (χ1) is 10.6. The molecule has 3 rings (SSSR count). The van der Waals surface area contributed by atoms with Gasteiger partial charge < -0.3 is 14.6 Å². The van der Waals surface area contributed by atoms with Gasteiger partial charge in [-0.1, -0.05) is 0 Å². The number of amides is 1. The van der Waals surface area contributed by atoms with Gasteiger partial charge in [0.25, 0.3) is 0 Å². The largest absolute Gasteiger partial charge is 0.373 e. The summed E-state index contributed by atoms with van der Waals surface area (Å²) in [6.45, 7) is 8.19. The Balaban J connectivity index is 1.57. The smallest absolute Gasteiger partial charge is 0.222 e. The van der Waals surface area contributed by atoms with Crippen LogP contribution in [0.3, 0.4) is 0 Å². The molecule has 22 heavy (non-hydrogen) atoms. The summed E-state index contributed by atoms with van der Waals surface area (Å²) in [5.74, 6) is 1.12. The summed E-state index contributed by atoms with van der Waals surface area (Å²) >= 11 is 0. The minimum atomic E-state index is -0.172. The second-order valence-electron chi connectivity index (χ2n) is 6.58. The lowest BCUT2D eigenvalue weighted by Gasteiger charge is -2.40. The van der Waals surface area contributed by atoms with Crippen molar-refractivity contribution in [1.82, 2.24) is 25.0 Å². The molecule has 0 atom stereocenters. The van der Waals surface area contributed by atoms with Gasteiger partial charge in [0, 0.05) is 32.1 Å². The number of hydrogen-bond acceptors (Lipinski definition) is 5. The third kappa shape index (κ3) is 3.30. The van der Waals surface area contributed by atoms with E-state index in [4.69, 9.17) is 4.74 Å². The van der Waals surface area contributed by atoms with E-state index < -0.39 is 0 Å². The summed E-state index contributed by atoms with van der Waals surface area (Å²) in [5.41, 5.74) is -0.172. The molecule has 0 aromatic carbocycles. The lowest BCUT2D eigenvalue weighted by molar-refractivity contribution is -0.120. The highest BCUT2D eigenvalue weighted by molar-refractivity contribution is 5.76. The Labute approximate surface area is 131 Å². The van der Waals surface area contributed by atoms with E-state index in [9.17, 15) is 4.79 Å². The molecule has 1 N–H and O–H groups in total. The molecule has 1 spiro atoms. The quantitative estimate of drug-likeness (QED) is 0.891. The lowest BCUT2D eigenvalue weighted by atomic mass is 9.91. The summed E-state index contributed by atoms with van der Waals surface area (Å²) in [4.78, 5) is 13.9. The van der Waals surface area contributed by atoms with Crippen LogP contribution in [0.4, 0.5) is 0 Å². The molecule has 3 heterocycles. The van der Waals surface area contributed by atoms with Crippen molar-refractivity contribution >= 4 is 5.91 Å². The van der Waals surface area contributed by atoms with Crippen molar-refractivity contribution in [3.8, 4) is 0 Å². The second-order valence-corrected chi connectivity index (χ2v) is 6.58. The number of rotatable bonds is 3. The van der Waals surface area contributed by atoms with E-state index in [0.29, 0.717) is 25.6 Å². The lowest BCUT2D eigenvalue weighted by Crippen LogP contribution is -2.50. The number of ether oxygens (including phenoxy) is 1. The first-order valence-corrected chi connectivity index (χ1v) is 8.09. The summed E-state index contributed by atoms with van der Waals surface area (Å²) < 4.78 is 8.12. The van der Waals surface area contributed by atoms with E-state index in [1.165, 1.54) is 0 Å². The zero-order chi connectivity index (χ0) is 15.6. The van der Waals surface area contributed by atoms with E-state index in [0.717, 1.165) is 38.3 Å². The molecule has 1 aromatic heterocycles. The van der Waals surface area contributed by atoms with Gasteiger partial charge >= 0.3 is 0 Å². The molecule has 1 aromatic rings. The molecule has 0 saturated carbocycles. The fraction of sp³-hybridized carbons (Fsp3) is 0.800. The number of hydrogen-bond donors (Lipinski definition) is 1. The monoisotopic (exact) mass is 307 g/mol. The van der Waals surface area contributed by atoms with Crippen molar-refractivity contribution in [3.05, 3.63) is 12.2 Å². The average molecular weight is 307 g/mol. The number of carbonyl (C=O) groups is 1. The Kier molecular flexibility index (Phi) is 4.44. The third-order valence-electron chi connectivity index (χ3n) is 4.68. The fourth-order valence-corrected chi connectivity index (χ4v) is 3.21. The molecule has 122 valence electrons. The van der Waals surface area contributed by atoms with Crippen molar-refractivity contribution in [2.45, 2.75) is 51.3 Å². The molecule has 7 heteroatoms. The third-order valence-corrected chi connectivity index (χ3v) is 4.68. The predicted octanol–water partition coefficient (Wildman–Crippen LogP) is 0.730. The van der Waals surface area contributed by atoms with Gasteiger partial charge in [0.2, 0.25) is 5.91 Å². The summed E-state index contributed by atoms with van der Waals surface area (Å²) in [7, 11) is 0. The minimum Gasteiger partial charge on any atom is -0.373 e. The SMILES string of the molecule is CC(C)n1cnnc1CN1CCC2(CC1)CNC(=O)CCO2. The molecule has 0 unspecified atom stereocenters. The van der Waals surface area contributed by atoms with E-state index in [2.05, 4.69) is 38.8 Å². The standard InChI is InChI=1S/C15H25N5O2/c1-12(2)20-11-17-18-13(20)9-19-6-4-15(5-7-19)10-16-14(21)3-8-22-15/h11-12H,3-10H2,1-2H3,(H,16,21). The highest BCUT2D eigenvalue weighted by atomic mass is 16.5. The van der Waals surface area contributed by atoms with Crippen LogP contribution in [-0.4, -0.2) is 57.4 Å². The number of carbonyl (C=O) groups excluding carboxylic acids is 1. The van der Waals surface area contributed by atoms with Crippen LogP contribution in [0.2, 0.25) is 0 Å². The van der Waals surface area contributed by atoms with Crippen molar-refractivity contribution in [2.24, 2.45) is 0 Å². The second kappa shape index (κ2) is 6.34. The molecule has 0 bridgehead atoms. The van der Waals surface area contributed by atoms with Gasteiger partial charge in [-0.15, -0.1) is 10.2 Å². The van der Waals surface area contributed by atoms with Crippen LogP contribution in [0, 0.1) is 0 Å². The maximum Gasteiger partial charge on any atom is 0.222 e. The molecule has 7 nitrogen and oxygen atoms in total. The van der Waals surface area contributed by atoms with Crippen LogP contribution < -0.4 is 5.32 Å². The number of piperidine rings is 1. The van der Waals surface area contributed by atoms with Gasteiger partial charge in [-0.05, 0) is 26.7 Å². The number of likely N-dealkylation sites (tertiary alicyclic amines) is 1.